The molecular weight excluding hydrogens is 316 g/mol. The maximum Gasteiger partial charge on any atom is 0.508 e. The summed E-state index contributed by atoms with van der Waals surface area (Å²) in [5, 5.41) is 0. The molecule has 4 aliphatic rings. The number of methoxy groups -OCH3 is 1. The molecule has 3 fully saturated rings. The van der Waals surface area contributed by atoms with Gasteiger partial charge in [-0.25, -0.2) is 4.79 Å². The van der Waals surface area contributed by atoms with Crippen molar-refractivity contribution in [3.63, 3.8) is 0 Å². The first-order valence-electron chi connectivity index (χ1n) is 9.87. The Hall–Kier alpha value is -1.32. The SMILES string of the molecule is COC(=O)OC1CC(=O)C=C2CC[C@H]3[C@@H]4CCC[C@@]4(C)CC[C@@H]3[C@]21C. The Morgan fingerprint density at radius 2 is 1.96 bits per heavy atom. The van der Waals surface area contributed by atoms with Crippen molar-refractivity contribution < 1.29 is 19.1 Å². The van der Waals surface area contributed by atoms with Gasteiger partial charge >= 0.3 is 6.16 Å². The standard InChI is InChI=1S/C21H30O4/c1-20-9-4-5-16(20)15-7-6-13-11-14(22)12-18(25-19(23)24-3)21(13,2)17(15)8-10-20/h11,15-18H,4-10,12H2,1-3H3/t15-,16-,17-,18?,20-,21-/m0/s1. The third-order valence-electron chi connectivity index (χ3n) is 8.22. The van der Waals surface area contributed by atoms with Gasteiger partial charge in [0.05, 0.1) is 7.11 Å². The minimum absolute atomic E-state index is 0.0846. The molecule has 25 heavy (non-hydrogen) atoms. The van der Waals surface area contributed by atoms with Gasteiger partial charge < -0.3 is 9.47 Å². The lowest BCUT2D eigenvalue weighted by Crippen LogP contribution is -2.55. The van der Waals surface area contributed by atoms with E-state index in [-0.39, 0.29) is 17.3 Å². The van der Waals surface area contributed by atoms with Gasteiger partial charge in [-0.15, -0.1) is 0 Å². The molecule has 6 atom stereocenters. The molecule has 0 spiro atoms. The zero-order valence-electron chi connectivity index (χ0n) is 15.7. The Morgan fingerprint density at radius 1 is 1.16 bits per heavy atom. The van der Waals surface area contributed by atoms with Crippen LogP contribution in [0.5, 0.6) is 0 Å². The molecule has 0 radical (unpaired) electrons. The van der Waals surface area contributed by atoms with Crippen molar-refractivity contribution in [3.05, 3.63) is 11.6 Å². The summed E-state index contributed by atoms with van der Waals surface area (Å²) in [5.74, 6) is 2.08. The van der Waals surface area contributed by atoms with Gasteiger partial charge in [-0.3, -0.25) is 4.79 Å². The number of hydrogen-bond donors (Lipinski definition) is 0. The Bertz CT molecular complexity index is 623. The third kappa shape index (κ3) is 2.47. The maximum absolute atomic E-state index is 12.2. The van der Waals surface area contributed by atoms with Crippen LogP contribution < -0.4 is 0 Å². The average Bonchev–Trinajstić information content (AvgIpc) is 2.97. The predicted octanol–water partition coefficient (Wildman–Crippen LogP) is 4.67. The van der Waals surface area contributed by atoms with E-state index in [2.05, 4.69) is 13.8 Å². The highest BCUT2D eigenvalue weighted by Crippen LogP contribution is 2.65. The van der Waals surface area contributed by atoms with Crippen LogP contribution >= 0.6 is 0 Å². The van der Waals surface area contributed by atoms with E-state index in [1.807, 2.05) is 6.08 Å². The molecule has 4 rings (SSSR count). The molecule has 0 heterocycles. The van der Waals surface area contributed by atoms with Gasteiger partial charge in [0, 0.05) is 11.8 Å². The van der Waals surface area contributed by atoms with Gasteiger partial charge in [-0.05, 0) is 67.8 Å². The van der Waals surface area contributed by atoms with Crippen molar-refractivity contribution in [3.8, 4) is 0 Å². The first kappa shape index (κ1) is 17.1. The molecule has 0 saturated heterocycles. The summed E-state index contributed by atoms with van der Waals surface area (Å²) in [6.07, 6.45) is 9.76. The van der Waals surface area contributed by atoms with Crippen LogP contribution in [0.2, 0.25) is 0 Å². The van der Waals surface area contributed by atoms with Crippen molar-refractivity contribution in [2.45, 2.75) is 71.3 Å². The van der Waals surface area contributed by atoms with Crippen LogP contribution in [0.1, 0.15) is 65.2 Å². The highest BCUT2D eigenvalue weighted by atomic mass is 16.7. The molecule has 0 aromatic rings. The molecule has 0 N–H and O–H groups in total. The molecular formula is C21H30O4. The fourth-order valence-electron chi connectivity index (χ4n) is 6.91. The lowest BCUT2D eigenvalue weighted by molar-refractivity contribution is -0.129. The number of rotatable bonds is 1. The van der Waals surface area contributed by atoms with E-state index < -0.39 is 6.16 Å². The van der Waals surface area contributed by atoms with Gasteiger partial charge in [-0.2, -0.15) is 0 Å². The summed E-state index contributed by atoms with van der Waals surface area (Å²) in [5.41, 5.74) is 1.50. The highest BCUT2D eigenvalue weighted by Gasteiger charge is 2.59. The van der Waals surface area contributed by atoms with Crippen molar-refractivity contribution in [1.82, 2.24) is 0 Å². The summed E-state index contributed by atoms with van der Waals surface area (Å²) in [4.78, 5) is 24.0. The van der Waals surface area contributed by atoms with Gasteiger partial charge in [0.1, 0.15) is 6.10 Å². The molecule has 0 amide bonds. The summed E-state index contributed by atoms with van der Waals surface area (Å²) >= 11 is 0. The van der Waals surface area contributed by atoms with E-state index in [1.165, 1.54) is 51.2 Å². The number of hydrogen-bond acceptors (Lipinski definition) is 4. The minimum atomic E-state index is -0.663. The number of fused-ring (bicyclic) bond motifs is 5. The van der Waals surface area contributed by atoms with E-state index in [0.717, 1.165) is 12.3 Å². The van der Waals surface area contributed by atoms with Crippen LogP contribution in [0.3, 0.4) is 0 Å². The minimum Gasteiger partial charge on any atom is -0.438 e. The largest absolute Gasteiger partial charge is 0.508 e. The van der Waals surface area contributed by atoms with Crippen LogP contribution in [-0.2, 0) is 14.3 Å². The molecule has 4 nitrogen and oxygen atoms in total. The first-order valence-corrected chi connectivity index (χ1v) is 9.87. The van der Waals surface area contributed by atoms with E-state index in [1.54, 1.807) is 0 Å². The second-order valence-electron chi connectivity index (χ2n) is 9.18. The molecule has 4 heteroatoms. The van der Waals surface area contributed by atoms with Crippen LogP contribution in [0, 0.1) is 28.6 Å². The summed E-state index contributed by atoms with van der Waals surface area (Å²) < 4.78 is 10.4. The zero-order chi connectivity index (χ0) is 17.8. The monoisotopic (exact) mass is 346 g/mol. The van der Waals surface area contributed by atoms with E-state index >= 15 is 0 Å². The van der Waals surface area contributed by atoms with Crippen molar-refractivity contribution >= 4 is 11.9 Å². The normalized spacial score (nSPS) is 45.7. The van der Waals surface area contributed by atoms with E-state index in [9.17, 15) is 9.59 Å². The Kier molecular flexibility index (Phi) is 4.01. The number of carbonyl (C=O) groups is 2. The molecule has 0 aromatic carbocycles. The Labute approximate surface area is 150 Å². The molecule has 138 valence electrons. The van der Waals surface area contributed by atoms with Crippen LogP contribution in [0.25, 0.3) is 0 Å². The molecule has 1 unspecified atom stereocenters. The number of ether oxygens (including phenoxy) is 2. The Morgan fingerprint density at radius 3 is 2.72 bits per heavy atom. The maximum atomic E-state index is 12.2. The highest BCUT2D eigenvalue weighted by molar-refractivity contribution is 5.92. The quantitative estimate of drug-likeness (QED) is 0.647. The van der Waals surface area contributed by atoms with Gasteiger partial charge in [-0.1, -0.05) is 25.8 Å². The topological polar surface area (TPSA) is 52.6 Å². The predicted molar refractivity (Wildman–Crippen MR) is 94.0 cm³/mol. The van der Waals surface area contributed by atoms with Gasteiger partial charge in [0.2, 0.25) is 0 Å². The van der Waals surface area contributed by atoms with Crippen LogP contribution in [0.4, 0.5) is 4.79 Å². The molecule has 3 saturated carbocycles. The van der Waals surface area contributed by atoms with Crippen LogP contribution in [0.15, 0.2) is 11.6 Å². The summed E-state index contributed by atoms with van der Waals surface area (Å²) in [6, 6.07) is 0. The lowest BCUT2D eigenvalue weighted by atomic mass is 9.47. The third-order valence-corrected chi connectivity index (χ3v) is 8.22. The van der Waals surface area contributed by atoms with Crippen molar-refractivity contribution in [2.75, 3.05) is 7.11 Å². The molecule has 0 bridgehead atoms. The van der Waals surface area contributed by atoms with Crippen LogP contribution in [-0.4, -0.2) is 25.2 Å². The second kappa shape index (κ2) is 5.85. The summed E-state index contributed by atoms with van der Waals surface area (Å²) in [6.45, 7) is 4.73. The Balaban J connectivity index is 1.70. The molecule has 4 aliphatic carbocycles. The van der Waals surface area contributed by atoms with Gasteiger partial charge in [0.15, 0.2) is 5.78 Å². The average molecular weight is 346 g/mol. The smallest absolute Gasteiger partial charge is 0.438 e. The van der Waals surface area contributed by atoms with Gasteiger partial charge in [0.25, 0.3) is 0 Å². The molecule has 0 aliphatic heterocycles. The number of carbonyl (C=O) groups excluding carboxylic acids is 2. The fraction of sp³-hybridized carbons (Fsp3) is 0.810. The lowest BCUT2D eigenvalue weighted by Gasteiger charge is -2.58. The number of ketones is 1. The molecule has 0 aromatic heterocycles. The second-order valence-corrected chi connectivity index (χ2v) is 9.18. The fourth-order valence-corrected chi connectivity index (χ4v) is 6.91. The van der Waals surface area contributed by atoms with E-state index in [4.69, 9.17) is 9.47 Å². The first-order chi connectivity index (χ1) is 11.9. The van der Waals surface area contributed by atoms with Crippen molar-refractivity contribution in [2.24, 2.45) is 28.6 Å². The summed E-state index contributed by atoms with van der Waals surface area (Å²) in [7, 11) is 1.33. The zero-order valence-corrected chi connectivity index (χ0v) is 15.7. The van der Waals surface area contributed by atoms with Crippen molar-refractivity contribution in [1.29, 1.82) is 0 Å². The van der Waals surface area contributed by atoms with E-state index in [0.29, 0.717) is 23.7 Å².